The van der Waals surface area contributed by atoms with Crippen LogP contribution in [0.4, 0.5) is 5.82 Å². The van der Waals surface area contributed by atoms with Crippen molar-refractivity contribution in [1.82, 2.24) is 14.6 Å². The van der Waals surface area contributed by atoms with E-state index in [-0.39, 0.29) is 5.75 Å². The number of hydrogen-bond donors (Lipinski definition) is 1. The summed E-state index contributed by atoms with van der Waals surface area (Å²) in [6.45, 7) is 3.49. The van der Waals surface area contributed by atoms with Gasteiger partial charge in [-0.25, -0.2) is 4.98 Å². The summed E-state index contributed by atoms with van der Waals surface area (Å²) in [6, 6.07) is 21.2. The molecular weight excluding hydrogens is 390 g/mol. The highest BCUT2D eigenvalue weighted by atomic mass is 16.5. The van der Waals surface area contributed by atoms with Gasteiger partial charge in [0, 0.05) is 37.0 Å². The van der Waals surface area contributed by atoms with Gasteiger partial charge in [-0.2, -0.15) is 9.61 Å². The molecule has 2 aromatic carbocycles. The lowest BCUT2D eigenvalue weighted by atomic mass is 10.2. The van der Waals surface area contributed by atoms with Gasteiger partial charge in [-0.3, -0.25) is 4.99 Å². The van der Waals surface area contributed by atoms with Gasteiger partial charge in [0.1, 0.15) is 11.6 Å². The van der Waals surface area contributed by atoms with Crippen LogP contribution in [0.2, 0.25) is 0 Å². The fourth-order valence-corrected chi connectivity index (χ4v) is 3.66. The van der Waals surface area contributed by atoms with E-state index in [1.165, 1.54) is 0 Å². The van der Waals surface area contributed by atoms with E-state index in [9.17, 15) is 5.11 Å². The minimum absolute atomic E-state index is 0.245. The molecule has 3 heterocycles. The van der Waals surface area contributed by atoms with Gasteiger partial charge in [-0.1, -0.05) is 30.3 Å². The highest BCUT2D eigenvalue weighted by Gasteiger charge is 2.18. The van der Waals surface area contributed by atoms with Crippen molar-refractivity contribution in [2.24, 2.45) is 4.99 Å². The summed E-state index contributed by atoms with van der Waals surface area (Å²) < 4.78 is 7.45. The van der Waals surface area contributed by atoms with E-state index < -0.39 is 0 Å². The molecule has 0 saturated carbocycles. The molecule has 2 aromatic heterocycles. The first-order chi connectivity index (χ1) is 15.3. The second kappa shape index (κ2) is 8.57. The molecule has 0 radical (unpaired) electrons. The SMILES string of the molecule is Oc1ccc(C=NCc2cc(N3CCOCC3)n3nc(-c4ccccc4)cc3n2)cc1. The highest BCUT2D eigenvalue weighted by molar-refractivity contribution is 5.79. The first-order valence-corrected chi connectivity index (χ1v) is 10.3. The minimum atomic E-state index is 0.245. The van der Waals surface area contributed by atoms with Crippen molar-refractivity contribution in [1.29, 1.82) is 0 Å². The quantitative estimate of drug-likeness (QED) is 0.507. The van der Waals surface area contributed by atoms with Crippen molar-refractivity contribution in [2.75, 3.05) is 31.2 Å². The van der Waals surface area contributed by atoms with Gasteiger partial charge < -0.3 is 14.7 Å². The van der Waals surface area contributed by atoms with Crippen LogP contribution in [0.5, 0.6) is 5.75 Å². The van der Waals surface area contributed by atoms with Crippen molar-refractivity contribution in [3.63, 3.8) is 0 Å². The van der Waals surface area contributed by atoms with E-state index in [0.29, 0.717) is 19.8 Å². The predicted molar refractivity (Wildman–Crippen MR) is 121 cm³/mol. The lowest BCUT2D eigenvalue weighted by Crippen LogP contribution is -2.37. The third kappa shape index (κ3) is 4.27. The van der Waals surface area contributed by atoms with E-state index >= 15 is 0 Å². The molecular formula is C24H23N5O2. The number of aromatic nitrogens is 3. The van der Waals surface area contributed by atoms with Gasteiger partial charge in [0.05, 0.1) is 31.1 Å². The van der Waals surface area contributed by atoms with Crippen LogP contribution in [0.25, 0.3) is 16.9 Å². The Morgan fingerprint density at radius 1 is 1.00 bits per heavy atom. The summed E-state index contributed by atoms with van der Waals surface area (Å²) in [6.07, 6.45) is 1.80. The van der Waals surface area contributed by atoms with Crippen LogP contribution in [-0.4, -0.2) is 52.2 Å². The molecule has 0 aliphatic carbocycles. The molecule has 1 saturated heterocycles. The molecule has 1 N–H and O–H groups in total. The molecule has 7 heteroatoms. The smallest absolute Gasteiger partial charge is 0.158 e. The Morgan fingerprint density at radius 2 is 1.77 bits per heavy atom. The van der Waals surface area contributed by atoms with Crippen LogP contribution in [0.1, 0.15) is 11.3 Å². The minimum Gasteiger partial charge on any atom is -0.508 e. The molecule has 156 valence electrons. The number of nitrogens with zero attached hydrogens (tertiary/aromatic N) is 5. The molecule has 0 bridgehead atoms. The first-order valence-electron chi connectivity index (χ1n) is 10.3. The number of anilines is 1. The Bertz CT molecular complexity index is 1200. The zero-order chi connectivity index (χ0) is 21.0. The summed E-state index contributed by atoms with van der Waals surface area (Å²) in [5.41, 5.74) is 4.57. The number of morpholine rings is 1. The molecule has 0 unspecified atom stereocenters. The molecule has 5 rings (SSSR count). The van der Waals surface area contributed by atoms with Gasteiger partial charge >= 0.3 is 0 Å². The fourth-order valence-electron chi connectivity index (χ4n) is 3.66. The topological polar surface area (TPSA) is 75.2 Å². The lowest BCUT2D eigenvalue weighted by molar-refractivity contribution is 0.122. The molecule has 31 heavy (non-hydrogen) atoms. The zero-order valence-corrected chi connectivity index (χ0v) is 17.1. The Hall–Kier alpha value is -3.71. The summed E-state index contributed by atoms with van der Waals surface area (Å²) in [7, 11) is 0. The Kier molecular flexibility index (Phi) is 5.33. The Balaban J connectivity index is 1.49. The van der Waals surface area contributed by atoms with Gasteiger partial charge in [0.2, 0.25) is 0 Å². The standard InChI is InChI=1S/C24H23N5O2/c30-21-8-6-18(7-9-21)16-25-17-20-14-24(28-10-12-31-13-11-28)29-23(26-20)15-22(27-29)19-4-2-1-3-5-19/h1-9,14-16,30H,10-13,17H2. The lowest BCUT2D eigenvalue weighted by Gasteiger charge is -2.29. The van der Waals surface area contributed by atoms with E-state index in [2.05, 4.69) is 28.1 Å². The average Bonchev–Trinajstić information content (AvgIpc) is 3.25. The number of aliphatic imine (C=N–C) groups is 1. The second-order valence-electron chi connectivity index (χ2n) is 7.43. The van der Waals surface area contributed by atoms with Crippen molar-refractivity contribution in [3.8, 4) is 17.0 Å². The summed E-state index contributed by atoms with van der Waals surface area (Å²) in [5.74, 6) is 1.25. The normalized spacial score (nSPS) is 14.5. The number of ether oxygens (including phenoxy) is 1. The largest absolute Gasteiger partial charge is 0.508 e. The number of hydrogen-bond acceptors (Lipinski definition) is 6. The number of phenols is 1. The molecule has 0 spiro atoms. The zero-order valence-electron chi connectivity index (χ0n) is 17.1. The number of fused-ring (bicyclic) bond motifs is 1. The summed E-state index contributed by atoms with van der Waals surface area (Å²) >= 11 is 0. The van der Waals surface area contributed by atoms with Crippen molar-refractivity contribution in [2.45, 2.75) is 6.54 Å². The monoisotopic (exact) mass is 413 g/mol. The summed E-state index contributed by atoms with van der Waals surface area (Å²) in [5, 5.41) is 14.3. The molecule has 0 amide bonds. The van der Waals surface area contributed by atoms with Crippen LogP contribution in [0, 0.1) is 0 Å². The van der Waals surface area contributed by atoms with E-state index in [4.69, 9.17) is 14.8 Å². The average molecular weight is 413 g/mol. The fraction of sp³-hybridized carbons (Fsp3) is 0.208. The molecule has 4 aromatic rings. The number of phenolic OH excluding ortho intramolecular Hbond substituents is 1. The maximum absolute atomic E-state index is 9.42. The van der Waals surface area contributed by atoms with Gasteiger partial charge in [-0.05, 0) is 29.8 Å². The Labute approximate surface area is 180 Å². The summed E-state index contributed by atoms with van der Waals surface area (Å²) in [4.78, 5) is 11.7. The van der Waals surface area contributed by atoms with Crippen molar-refractivity contribution >= 4 is 17.7 Å². The number of benzene rings is 2. The van der Waals surface area contributed by atoms with E-state index in [1.54, 1.807) is 18.3 Å². The number of aromatic hydroxyl groups is 1. The predicted octanol–water partition coefficient (Wildman–Crippen LogP) is 3.56. The first kappa shape index (κ1) is 19.3. The van der Waals surface area contributed by atoms with E-state index in [1.807, 2.05) is 40.9 Å². The highest BCUT2D eigenvalue weighted by Crippen LogP contribution is 2.24. The van der Waals surface area contributed by atoms with Crippen LogP contribution in [-0.2, 0) is 11.3 Å². The molecule has 7 nitrogen and oxygen atoms in total. The van der Waals surface area contributed by atoms with Crippen LogP contribution >= 0.6 is 0 Å². The van der Waals surface area contributed by atoms with Gasteiger partial charge in [0.25, 0.3) is 0 Å². The van der Waals surface area contributed by atoms with Crippen molar-refractivity contribution < 1.29 is 9.84 Å². The third-order valence-corrected chi connectivity index (χ3v) is 5.25. The van der Waals surface area contributed by atoms with Crippen molar-refractivity contribution in [3.05, 3.63) is 78.0 Å². The Morgan fingerprint density at radius 3 is 2.55 bits per heavy atom. The van der Waals surface area contributed by atoms with Gasteiger partial charge in [0.15, 0.2) is 5.65 Å². The van der Waals surface area contributed by atoms with Crippen LogP contribution in [0.15, 0.2) is 71.7 Å². The molecule has 0 atom stereocenters. The number of rotatable bonds is 5. The second-order valence-corrected chi connectivity index (χ2v) is 7.43. The maximum Gasteiger partial charge on any atom is 0.158 e. The molecule has 1 aliphatic heterocycles. The van der Waals surface area contributed by atoms with Gasteiger partial charge in [-0.15, -0.1) is 0 Å². The maximum atomic E-state index is 9.42. The van der Waals surface area contributed by atoms with Crippen LogP contribution < -0.4 is 4.90 Å². The molecule has 1 aliphatic rings. The van der Waals surface area contributed by atoms with Crippen LogP contribution in [0.3, 0.4) is 0 Å². The third-order valence-electron chi connectivity index (χ3n) is 5.25. The molecule has 1 fully saturated rings. The van der Waals surface area contributed by atoms with E-state index in [0.717, 1.165) is 47.1 Å².